The average Bonchev–Trinajstić information content (AvgIpc) is 3.31. The Morgan fingerprint density at radius 3 is 2.85 bits per heavy atom. The molecule has 0 spiro atoms. The molecule has 0 unspecified atom stereocenters. The van der Waals surface area contributed by atoms with Gasteiger partial charge >= 0.3 is 0 Å². The van der Waals surface area contributed by atoms with Gasteiger partial charge in [0.15, 0.2) is 0 Å². The summed E-state index contributed by atoms with van der Waals surface area (Å²) in [5, 5.41) is 13.6. The summed E-state index contributed by atoms with van der Waals surface area (Å²) >= 11 is 0. The average molecular weight is 459 g/mol. The fraction of sp³-hybridized carbons (Fsp3) is 0.269. The molecule has 0 atom stereocenters. The van der Waals surface area contributed by atoms with E-state index in [2.05, 4.69) is 20.3 Å². The molecule has 3 heterocycles. The number of benzene rings is 2. The van der Waals surface area contributed by atoms with Crippen molar-refractivity contribution in [2.75, 3.05) is 26.9 Å². The van der Waals surface area contributed by atoms with Crippen LogP contribution in [0.15, 0.2) is 54.7 Å². The molecule has 1 aliphatic heterocycles. The highest BCUT2D eigenvalue weighted by molar-refractivity contribution is 5.97. The number of rotatable bonds is 6. The number of aromatic hydroxyl groups is 1. The molecule has 1 fully saturated rings. The van der Waals surface area contributed by atoms with Crippen LogP contribution in [0, 0.1) is 5.92 Å². The Bertz CT molecular complexity index is 1330. The number of H-pyrrole nitrogens is 1. The molecule has 34 heavy (non-hydrogen) atoms. The molecule has 1 saturated heterocycles. The Morgan fingerprint density at radius 1 is 1.18 bits per heavy atom. The Hall–Kier alpha value is -3.91. The lowest BCUT2D eigenvalue weighted by Crippen LogP contribution is -2.32. The number of carbonyl (C=O) groups excluding carboxylic acids is 1. The highest BCUT2D eigenvalue weighted by atomic mass is 16.5. The van der Waals surface area contributed by atoms with Gasteiger partial charge in [-0.15, -0.1) is 0 Å². The number of hydrogen-bond acceptors (Lipinski definition) is 6. The molecular formula is C26H26N4O4. The largest absolute Gasteiger partial charge is 0.507 e. The maximum atomic E-state index is 12.7. The molecule has 174 valence electrons. The number of carbonyl (C=O) groups is 1. The fourth-order valence-corrected chi connectivity index (χ4v) is 4.23. The minimum atomic E-state index is -0.113. The number of phenolic OH excluding ortho intramolecular Hbond substituents is 1. The number of phenols is 1. The van der Waals surface area contributed by atoms with Crippen molar-refractivity contribution in [3.63, 3.8) is 0 Å². The van der Waals surface area contributed by atoms with E-state index in [4.69, 9.17) is 9.47 Å². The van der Waals surface area contributed by atoms with E-state index in [-0.39, 0.29) is 11.7 Å². The maximum absolute atomic E-state index is 12.7. The SMILES string of the molecule is COc1ncccc1-c1ccc(O)c(-c2nc3ccc(C(=O)NCC4CCOCC4)cc3[nH]2)c1. The van der Waals surface area contributed by atoms with Crippen LogP contribution in [0.4, 0.5) is 0 Å². The Balaban J connectivity index is 1.41. The molecule has 5 rings (SSSR count). The second-order valence-corrected chi connectivity index (χ2v) is 8.38. The van der Waals surface area contributed by atoms with E-state index >= 15 is 0 Å². The molecule has 2 aromatic carbocycles. The van der Waals surface area contributed by atoms with Gasteiger partial charge in [0.25, 0.3) is 5.91 Å². The summed E-state index contributed by atoms with van der Waals surface area (Å²) in [7, 11) is 1.57. The minimum absolute atomic E-state index is 0.0973. The number of amides is 1. The van der Waals surface area contributed by atoms with Crippen molar-refractivity contribution >= 4 is 16.9 Å². The number of fused-ring (bicyclic) bond motifs is 1. The van der Waals surface area contributed by atoms with Crippen LogP contribution in [0.2, 0.25) is 0 Å². The van der Waals surface area contributed by atoms with Crippen LogP contribution in [0.5, 0.6) is 11.6 Å². The van der Waals surface area contributed by atoms with E-state index in [0.717, 1.165) is 42.7 Å². The Kier molecular flexibility index (Phi) is 6.14. The second kappa shape index (κ2) is 9.52. The molecule has 0 bridgehead atoms. The van der Waals surface area contributed by atoms with E-state index in [0.29, 0.717) is 40.8 Å². The lowest BCUT2D eigenvalue weighted by molar-refractivity contribution is 0.0642. The van der Waals surface area contributed by atoms with Gasteiger partial charge in [0.05, 0.1) is 23.7 Å². The summed E-state index contributed by atoms with van der Waals surface area (Å²) in [5.74, 6) is 1.45. The monoisotopic (exact) mass is 458 g/mol. The first-order valence-corrected chi connectivity index (χ1v) is 11.3. The predicted octanol–water partition coefficient (Wildman–Crippen LogP) is 4.16. The maximum Gasteiger partial charge on any atom is 0.251 e. The molecule has 2 aromatic heterocycles. The third kappa shape index (κ3) is 4.45. The number of imidazole rings is 1. The van der Waals surface area contributed by atoms with E-state index in [1.54, 1.807) is 31.5 Å². The summed E-state index contributed by atoms with van der Waals surface area (Å²) in [6.45, 7) is 2.16. The zero-order chi connectivity index (χ0) is 23.5. The molecular weight excluding hydrogens is 432 g/mol. The Morgan fingerprint density at radius 2 is 2.03 bits per heavy atom. The van der Waals surface area contributed by atoms with Crippen LogP contribution in [-0.2, 0) is 4.74 Å². The third-order valence-corrected chi connectivity index (χ3v) is 6.16. The number of methoxy groups -OCH3 is 1. The van der Waals surface area contributed by atoms with E-state index in [1.807, 2.05) is 30.3 Å². The summed E-state index contributed by atoms with van der Waals surface area (Å²) < 4.78 is 10.8. The number of aromatic nitrogens is 3. The molecule has 0 aliphatic carbocycles. The van der Waals surface area contributed by atoms with Crippen molar-refractivity contribution in [3.8, 4) is 34.1 Å². The summed E-state index contributed by atoms with van der Waals surface area (Å²) in [6.07, 6.45) is 3.60. The zero-order valence-electron chi connectivity index (χ0n) is 18.9. The number of aromatic amines is 1. The van der Waals surface area contributed by atoms with E-state index in [9.17, 15) is 9.90 Å². The highest BCUT2D eigenvalue weighted by Crippen LogP contribution is 2.35. The molecule has 4 aromatic rings. The molecule has 1 aliphatic rings. The molecule has 0 radical (unpaired) electrons. The van der Waals surface area contributed by atoms with Crippen LogP contribution >= 0.6 is 0 Å². The second-order valence-electron chi connectivity index (χ2n) is 8.38. The van der Waals surface area contributed by atoms with Gasteiger partial charge in [-0.3, -0.25) is 4.79 Å². The lowest BCUT2D eigenvalue weighted by Gasteiger charge is -2.22. The van der Waals surface area contributed by atoms with Gasteiger partial charge in [-0.1, -0.05) is 6.07 Å². The summed E-state index contributed by atoms with van der Waals surface area (Å²) in [6, 6.07) is 14.4. The molecule has 3 N–H and O–H groups in total. The zero-order valence-corrected chi connectivity index (χ0v) is 18.9. The first-order valence-electron chi connectivity index (χ1n) is 11.3. The van der Waals surface area contributed by atoms with Crippen molar-refractivity contribution in [2.24, 2.45) is 5.92 Å². The van der Waals surface area contributed by atoms with Crippen LogP contribution in [-0.4, -0.2) is 52.8 Å². The first kappa shape index (κ1) is 21.9. The molecule has 8 heteroatoms. The van der Waals surface area contributed by atoms with E-state index in [1.165, 1.54) is 0 Å². The summed E-state index contributed by atoms with van der Waals surface area (Å²) in [5.41, 5.74) is 4.19. The topological polar surface area (TPSA) is 109 Å². The quantitative estimate of drug-likeness (QED) is 0.400. The number of nitrogens with zero attached hydrogens (tertiary/aromatic N) is 2. The smallest absolute Gasteiger partial charge is 0.251 e. The van der Waals surface area contributed by atoms with Gasteiger partial charge in [-0.25, -0.2) is 9.97 Å². The van der Waals surface area contributed by atoms with Crippen molar-refractivity contribution < 1.29 is 19.4 Å². The van der Waals surface area contributed by atoms with Crippen LogP contribution < -0.4 is 10.1 Å². The molecule has 1 amide bonds. The van der Waals surface area contributed by atoms with Gasteiger partial charge in [-0.05, 0) is 66.8 Å². The van der Waals surface area contributed by atoms with Gasteiger partial charge in [0.1, 0.15) is 11.6 Å². The minimum Gasteiger partial charge on any atom is -0.507 e. The normalized spacial score (nSPS) is 14.3. The molecule has 0 saturated carbocycles. The van der Waals surface area contributed by atoms with Gasteiger partial charge in [-0.2, -0.15) is 0 Å². The molecule has 8 nitrogen and oxygen atoms in total. The number of hydrogen-bond donors (Lipinski definition) is 3. The third-order valence-electron chi connectivity index (χ3n) is 6.16. The van der Waals surface area contributed by atoms with Crippen molar-refractivity contribution in [2.45, 2.75) is 12.8 Å². The highest BCUT2D eigenvalue weighted by Gasteiger charge is 2.17. The summed E-state index contributed by atoms with van der Waals surface area (Å²) in [4.78, 5) is 24.8. The van der Waals surface area contributed by atoms with Gasteiger partial charge in [0, 0.05) is 37.1 Å². The van der Waals surface area contributed by atoms with Crippen LogP contribution in [0.25, 0.3) is 33.5 Å². The van der Waals surface area contributed by atoms with Crippen molar-refractivity contribution in [1.82, 2.24) is 20.3 Å². The van der Waals surface area contributed by atoms with Crippen LogP contribution in [0.3, 0.4) is 0 Å². The van der Waals surface area contributed by atoms with Crippen LogP contribution in [0.1, 0.15) is 23.2 Å². The number of ether oxygens (including phenoxy) is 2. The van der Waals surface area contributed by atoms with Gasteiger partial charge in [0.2, 0.25) is 5.88 Å². The van der Waals surface area contributed by atoms with Crippen molar-refractivity contribution in [1.29, 1.82) is 0 Å². The standard InChI is InChI=1S/C26H26N4O4/c1-33-26-19(3-2-10-27-26)17-5-7-23(31)20(13-17)24-29-21-6-4-18(14-22(21)30-24)25(32)28-15-16-8-11-34-12-9-16/h2-7,10,13-14,16,31H,8-9,11-12,15H2,1H3,(H,28,32)(H,29,30). The lowest BCUT2D eigenvalue weighted by atomic mass is 10.0. The van der Waals surface area contributed by atoms with Gasteiger partial charge < -0.3 is 24.9 Å². The predicted molar refractivity (Wildman–Crippen MR) is 129 cm³/mol. The van der Waals surface area contributed by atoms with Crippen molar-refractivity contribution in [3.05, 3.63) is 60.3 Å². The first-order chi connectivity index (χ1) is 16.6. The number of nitrogens with one attached hydrogen (secondary N) is 2. The number of pyridine rings is 1. The fourth-order valence-electron chi connectivity index (χ4n) is 4.23. The van der Waals surface area contributed by atoms with E-state index < -0.39 is 0 Å². The Labute approximate surface area is 197 Å².